The van der Waals surface area contributed by atoms with Crippen molar-refractivity contribution in [2.75, 3.05) is 0 Å². The second-order valence-corrected chi connectivity index (χ2v) is 6.83. The van der Waals surface area contributed by atoms with Gasteiger partial charge in [-0.15, -0.1) is 0 Å². The highest BCUT2D eigenvalue weighted by Crippen LogP contribution is 2.57. The molecule has 3 aliphatic rings. The van der Waals surface area contributed by atoms with Crippen LogP contribution in [0.25, 0.3) is 0 Å². The Morgan fingerprint density at radius 2 is 1.94 bits per heavy atom. The number of hydrogen-bond donors (Lipinski definition) is 1. The van der Waals surface area contributed by atoms with Gasteiger partial charge in [-0.1, -0.05) is 20.3 Å². The van der Waals surface area contributed by atoms with Crippen LogP contribution in [-0.2, 0) is 4.74 Å². The first-order chi connectivity index (χ1) is 8.70. The molecule has 0 aliphatic heterocycles. The van der Waals surface area contributed by atoms with E-state index in [4.69, 9.17) is 10.1 Å². The highest BCUT2D eigenvalue weighted by molar-refractivity contribution is 5.75. The number of nitrogens with one attached hydrogen (secondary N) is 1. The quantitative estimate of drug-likeness (QED) is 0.589. The molecule has 0 heterocycles. The summed E-state index contributed by atoms with van der Waals surface area (Å²) in [6.45, 7) is 4.25. The predicted octanol–water partition coefficient (Wildman–Crippen LogP) is 4.24. The van der Waals surface area contributed by atoms with Gasteiger partial charge in [0, 0.05) is 5.92 Å². The van der Waals surface area contributed by atoms with Crippen LogP contribution >= 0.6 is 0 Å². The van der Waals surface area contributed by atoms with Gasteiger partial charge < -0.3 is 4.74 Å². The first-order valence-electron chi connectivity index (χ1n) is 7.95. The summed E-state index contributed by atoms with van der Waals surface area (Å²) >= 11 is 0. The van der Waals surface area contributed by atoms with E-state index >= 15 is 0 Å². The maximum absolute atomic E-state index is 8.08. The molecule has 0 aromatic rings. The zero-order valence-corrected chi connectivity index (χ0v) is 11.8. The van der Waals surface area contributed by atoms with E-state index in [1.807, 2.05) is 0 Å². The second-order valence-electron chi connectivity index (χ2n) is 6.83. The van der Waals surface area contributed by atoms with E-state index < -0.39 is 0 Å². The normalized spacial score (nSPS) is 43.6. The molecule has 0 aromatic heterocycles. The van der Waals surface area contributed by atoms with Crippen LogP contribution in [0, 0.1) is 35.0 Å². The number of ether oxygens (including phenoxy) is 1. The lowest BCUT2D eigenvalue weighted by Gasteiger charge is -2.32. The largest absolute Gasteiger partial charge is 0.477 e. The zero-order chi connectivity index (χ0) is 12.7. The fraction of sp³-hybridized carbons (Fsp3) is 0.938. The van der Waals surface area contributed by atoms with Crippen molar-refractivity contribution in [3.63, 3.8) is 0 Å². The van der Waals surface area contributed by atoms with E-state index in [0.29, 0.717) is 17.9 Å². The van der Waals surface area contributed by atoms with Gasteiger partial charge in [0.05, 0.1) is 0 Å². The van der Waals surface area contributed by atoms with Gasteiger partial charge >= 0.3 is 0 Å². The average Bonchev–Trinajstić information content (AvgIpc) is 2.95. The molecule has 3 saturated carbocycles. The van der Waals surface area contributed by atoms with E-state index in [1.165, 1.54) is 38.5 Å². The molecule has 2 bridgehead atoms. The van der Waals surface area contributed by atoms with Crippen LogP contribution < -0.4 is 0 Å². The lowest BCUT2D eigenvalue weighted by Crippen LogP contribution is -2.32. The van der Waals surface area contributed by atoms with Gasteiger partial charge in [-0.05, 0) is 62.2 Å². The standard InChI is InChI=1S/C16H27NO/c1-3-10(2)16(17)18-15-8-7-11-9-14(15)13-6-4-5-12(11)13/h10-15,17H,3-9H2,1-2H3. The molecule has 0 saturated heterocycles. The van der Waals surface area contributed by atoms with Crippen LogP contribution in [0.4, 0.5) is 0 Å². The molecule has 2 nitrogen and oxygen atoms in total. The van der Waals surface area contributed by atoms with E-state index in [9.17, 15) is 0 Å². The fourth-order valence-electron chi connectivity index (χ4n) is 4.80. The topological polar surface area (TPSA) is 33.1 Å². The third-order valence-corrected chi connectivity index (χ3v) is 5.99. The highest BCUT2D eigenvalue weighted by atomic mass is 16.5. The van der Waals surface area contributed by atoms with Gasteiger partial charge in [-0.2, -0.15) is 0 Å². The third kappa shape index (κ3) is 1.98. The lowest BCUT2D eigenvalue weighted by atomic mass is 9.83. The summed E-state index contributed by atoms with van der Waals surface area (Å²) in [5.74, 6) is 4.57. The van der Waals surface area contributed by atoms with Crippen molar-refractivity contribution >= 4 is 5.90 Å². The molecule has 3 rings (SSSR count). The van der Waals surface area contributed by atoms with Crippen molar-refractivity contribution in [3.05, 3.63) is 0 Å². The molecule has 3 fully saturated rings. The van der Waals surface area contributed by atoms with Crippen molar-refractivity contribution in [1.82, 2.24) is 0 Å². The van der Waals surface area contributed by atoms with Crippen molar-refractivity contribution in [2.45, 2.75) is 64.9 Å². The number of rotatable bonds is 3. The predicted molar refractivity (Wildman–Crippen MR) is 73.7 cm³/mol. The Morgan fingerprint density at radius 3 is 2.72 bits per heavy atom. The molecule has 6 atom stereocenters. The minimum Gasteiger partial charge on any atom is -0.477 e. The summed E-state index contributed by atoms with van der Waals surface area (Å²) in [6.07, 6.45) is 9.70. The Labute approximate surface area is 111 Å². The molecule has 0 amide bonds. The molecule has 3 aliphatic carbocycles. The molecule has 6 unspecified atom stereocenters. The number of fused-ring (bicyclic) bond motifs is 5. The Hall–Kier alpha value is -0.530. The SMILES string of the molecule is CCC(C)C(=N)OC1CCC2CC1C1CCCC21. The van der Waals surface area contributed by atoms with Crippen molar-refractivity contribution in [3.8, 4) is 0 Å². The van der Waals surface area contributed by atoms with Gasteiger partial charge in [0.25, 0.3) is 0 Å². The monoisotopic (exact) mass is 249 g/mol. The minimum absolute atomic E-state index is 0.295. The third-order valence-electron chi connectivity index (χ3n) is 5.99. The molecule has 1 N–H and O–H groups in total. The van der Waals surface area contributed by atoms with Crippen LogP contribution in [0.5, 0.6) is 0 Å². The minimum atomic E-state index is 0.295. The van der Waals surface area contributed by atoms with E-state index in [1.54, 1.807) is 0 Å². The molecule has 18 heavy (non-hydrogen) atoms. The Morgan fingerprint density at radius 1 is 1.17 bits per heavy atom. The molecule has 102 valence electrons. The fourth-order valence-corrected chi connectivity index (χ4v) is 4.80. The maximum atomic E-state index is 8.08. The summed E-state index contributed by atoms with van der Waals surface area (Å²) in [4.78, 5) is 0. The molecule has 2 heteroatoms. The summed E-state index contributed by atoms with van der Waals surface area (Å²) < 4.78 is 6.07. The van der Waals surface area contributed by atoms with Crippen LogP contribution in [0.3, 0.4) is 0 Å². The van der Waals surface area contributed by atoms with Gasteiger partial charge in [0.2, 0.25) is 0 Å². The van der Waals surface area contributed by atoms with Gasteiger partial charge in [-0.25, -0.2) is 0 Å². The van der Waals surface area contributed by atoms with Gasteiger partial charge in [-0.3, -0.25) is 5.41 Å². The lowest BCUT2D eigenvalue weighted by molar-refractivity contribution is 0.0629. The summed E-state index contributed by atoms with van der Waals surface area (Å²) in [7, 11) is 0. The van der Waals surface area contributed by atoms with Crippen molar-refractivity contribution in [2.24, 2.45) is 29.6 Å². The van der Waals surface area contributed by atoms with Crippen molar-refractivity contribution in [1.29, 1.82) is 5.41 Å². The molecular formula is C16H27NO. The van der Waals surface area contributed by atoms with E-state index in [-0.39, 0.29) is 0 Å². The van der Waals surface area contributed by atoms with Crippen LogP contribution in [0.2, 0.25) is 0 Å². The highest BCUT2D eigenvalue weighted by Gasteiger charge is 2.51. The Balaban J connectivity index is 1.65. The molecule has 0 aromatic carbocycles. The smallest absolute Gasteiger partial charge is 0.183 e. The molecule has 0 radical (unpaired) electrons. The van der Waals surface area contributed by atoms with Crippen LogP contribution in [0.15, 0.2) is 0 Å². The van der Waals surface area contributed by atoms with Crippen LogP contribution in [0.1, 0.15) is 58.8 Å². The van der Waals surface area contributed by atoms with Gasteiger partial charge in [0.15, 0.2) is 5.90 Å². The van der Waals surface area contributed by atoms with Crippen molar-refractivity contribution < 1.29 is 4.74 Å². The zero-order valence-electron chi connectivity index (χ0n) is 11.8. The van der Waals surface area contributed by atoms with E-state index in [0.717, 1.165) is 30.1 Å². The van der Waals surface area contributed by atoms with E-state index in [2.05, 4.69) is 13.8 Å². The molecule has 0 spiro atoms. The second kappa shape index (κ2) is 4.86. The maximum Gasteiger partial charge on any atom is 0.183 e. The first kappa shape index (κ1) is 12.5. The summed E-state index contributed by atoms with van der Waals surface area (Å²) in [5, 5.41) is 8.08. The Bertz CT molecular complexity index is 327. The van der Waals surface area contributed by atoms with Gasteiger partial charge in [0.1, 0.15) is 6.10 Å². The summed E-state index contributed by atoms with van der Waals surface area (Å²) in [5.41, 5.74) is 0. The van der Waals surface area contributed by atoms with Crippen LogP contribution in [-0.4, -0.2) is 12.0 Å². The molecular weight excluding hydrogens is 222 g/mol. The Kier molecular flexibility index (Phi) is 3.38. The summed E-state index contributed by atoms with van der Waals surface area (Å²) in [6, 6.07) is 0. The number of hydrogen-bond acceptors (Lipinski definition) is 2. The first-order valence-corrected chi connectivity index (χ1v) is 7.95. The average molecular weight is 249 g/mol.